The predicted molar refractivity (Wildman–Crippen MR) is 3.61 cm³/mol. The molecule has 0 spiro atoms. The van der Waals surface area contributed by atoms with Gasteiger partial charge < -0.3 is 30.3 Å². The Morgan fingerprint density at radius 3 is 0.750 bits per heavy atom. The minimum absolute atomic E-state index is 0. The van der Waals surface area contributed by atoms with Gasteiger partial charge in [0.05, 0.1) is 0 Å². The van der Waals surface area contributed by atoms with Gasteiger partial charge in [-0.25, -0.2) is 0 Å². The van der Waals surface area contributed by atoms with Gasteiger partial charge in [-0.3, -0.25) is 0 Å². The molecule has 0 atom stereocenters. The number of halogens is 2. The third kappa shape index (κ3) is 8.92. The molecule has 0 heterocycles. The topological polar surface area (TPSA) is 31.5 Å². The molecule has 2 N–H and O–H groups in total. The van der Waals surface area contributed by atoms with Gasteiger partial charge in [0, 0.05) is 0 Å². The fourth-order valence-electron chi connectivity index (χ4n) is 0. The summed E-state index contributed by atoms with van der Waals surface area (Å²) in [6.07, 6.45) is 0. The van der Waals surface area contributed by atoms with Crippen LogP contribution in [0.25, 0.3) is 0 Å². The van der Waals surface area contributed by atoms with E-state index in [2.05, 4.69) is 0 Å². The molecule has 0 aromatic heterocycles. The third-order valence-electron chi connectivity index (χ3n) is 0. The Bertz CT molecular complexity index is 6.00. The second-order valence-electron chi connectivity index (χ2n) is 0. The fourth-order valence-corrected chi connectivity index (χ4v) is 0. The van der Waals surface area contributed by atoms with Crippen molar-refractivity contribution in [1.82, 2.24) is 0 Å². The van der Waals surface area contributed by atoms with Crippen molar-refractivity contribution in [3.8, 4) is 0 Å². The molecule has 4 heteroatoms. The maximum absolute atomic E-state index is 0. The zero-order chi connectivity index (χ0) is 0. The molecular weight excluding hydrogens is 239 g/mol. The van der Waals surface area contributed by atoms with Crippen LogP contribution in [0, 0.1) is 49.4 Å². The Balaban J connectivity index is 0. The van der Waals surface area contributed by atoms with Crippen LogP contribution in [-0.2, 0) is 0 Å². The summed E-state index contributed by atoms with van der Waals surface area (Å²) < 4.78 is 0. The molecule has 0 rings (SSSR count). The zero-order valence-corrected chi connectivity index (χ0v) is 5.57. The summed E-state index contributed by atoms with van der Waals surface area (Å²) in [7, 11) is 0. The maximum atomic E-state index is 0. The van der Waals surface area contributed by atoms with E-state index in [0.29, 0.717) is 0 Å². The van der Waals surface area contributed by atoms with E-state index in [-0.39, 0.29) is 79.7 Å². The van der Waals surface area contributed by atoms with Crippen LogP contribution in [-0.4, -0.2) is 5.48 Å². The van der Waals surface area contributed by atoms with Crippen LogP contribution in [0.15, 0.2) is 0 Å². The average Bonchev–Trinajstić information content (AvgIpc) is 0. The Kier molecular flexibility index (Phi) is 172. The molecule has 0 aliphatic rings. The predicted octanol–water partition coefficient (Wildman–Crippen LogP) is -6.82. The van der Waals surface area contributed by atoms with Crippen LogP contribution >= 0.6 is 0 Å². The van der Waals surface area contributed by atoms with Crippen molar-refractivity contribution < 1.29 is 79.7 Å². The van der Waals surface area contributed by atoms with E-state index in [0.717, 1.165) is 0 Å². The first-order valence-corrected chi connectivity index (χ1v) is 0. The van der Waals surface area contributed by atoms with Crippen LogP contribution < -0.4 is 24.8 Å². The van der Waals surface area contributed by atoms with Crippen molar-refractivity contribution in [2.24, 2.45) is 0 Å². The molecule has 0 unspecified atom stereocenters. The van der Waals surface area contributed by atoms with E-state index < -0.39 is 0 Å². The van der Waals surface area contributed by atoms with Crippen LogP contribution in [0.3, 0.4) is 0 Å². The molecule has 29 valence electrons. The first-order valence-electron chi connectivity index (χ1n) is 0. The molecule has 0 aliphatic carbocycles. The van der Waals surface area contributed by atoms with Gasteiger partial charge in [-0.2, -0.15) is 0 Å². The van der Waals surface area contributed by atoms with E-state index in [1.807, 2.05) is 0 Å². The Hall–Kier alpha value is 2.12. The number of hydrogen-bond donors (Lipinski definition) is 0. The van der Waals surface area contributed by atoms with Gasteiger partial charge in [0.2, 0.25) is 0 Å². The van der Waals surface area contributed by atoms with Gasteiger partial charge >= 0.3 is 49.4 Å². The zero-order valence-electron chi connectivity index (χ0n) is 1.63. The Morgan fingerprint density at radius 1 is 0.750 bits per heavy atom. The van der Waals surface area contributed by atoms with Gasteiger partial charge in [0.1, 0.15) is 0 Å². The summed E-state index contributed by atoms with van der Waals surface area (Å²) in [5, 5.41) is 0. The van der Waals surface area contributed by atoms with Crippen LogP contribution in [0.5, 0.6) is 0 Å². The molecule has 0 fully saturated rings. The van der Waals surface area contributed by atoms with Gasteiger partial charge in [0.25, 0.3) is 0 Å². The largest absolute Gasteiger partial charge is 2.00 e. The Morgan fingerprint density at radius 2 is 0.750 bits per heavy atom. The monoisotopic (exact) mass is 241 g/mol. The van der Waals surface area contributed by atoms with E-state index in [1.165, 1.54) is 0 Å². The van der Waals surface area contributed by atoms with Crippen molar-refractivity contribution in [2.75, 3.05) is 0 Å². The van der Waals surface area contributed by atoms with Crippen LogP contribution in [0.4, 0.5) is 0 Å². The molecule has 1 radical (unpaired) electrons. The van der Waals surface area contributed by atoms with E-state index in [1.54, 1.807) is 0 Å². The molecule has 0 aromatic rings. The van der Waals surface area contributed by atoms with Crippen molar-refractivity contribution >= 4 is 0 Å². The van der Waals surface area contributed by atoms with Crippen LogP contribution in [0.2, 0.25) is 0 Å². The molecule has 0 saturated heterocycles. The first-order chi connectivity index (χ1) is 0. The molecular formula is H2Cl2EuO. The third-order valence-corrected chi connectivity index (χ3v) is 0. The average molecular weight is 241 g/mol. The molecule has 0 aliphatic heterocycles. The number of hydrogen-bond acceptors (Lipinski definition) is 0. The molecule has 4 heavy (non-hydrogen) atoms. The van der Waals surface area contributed by atoms with Crippen molar-refractivity contribution in [3.05, 3.63) is 0 Å². The Labute approximate surface area is 78.2 Å². The van der Waals surface area contributed by atoms with Crippen molar-refractivity contribution in [3.63, 3.8) is 0 Å². The minimum Gasteiger partial charge on any atom is -1.00 e. The summed E-state index contributed by atoms with van der Waals surface area (Å²) in [6.45, 7) is 0. The smallest absolute Gasteiger partial charge is 1.00 e. The normalized spacial score (nSPS) is 0. The van der Waals surface area contributed by atoms with E-state index in [9.17, 15) is 0 Å². The molecule has 1 nitrogen and oxygen atoms in total. The number of rotatable bonds is 0. The standard InChI is InChI=1S/2ClH.Eu.H2O/h2*1H;;1H2/q;;+2;/p-2. The molecule has 0 amide bonds. The van der Waals surface area contributed by atoms with Crippen molar-refractivity contribution in [2.45, 2.75) is 0 Å². The maximum Gasteiger partial charge on any atom is 2.00 e. The second-order valence-corrected chi connectivity index (χ2v) is 0. The summed E-state index contributed by atoms with van der Waals surface area (Å²) in [5.74, 6) is 0. The van der Waals surface area contributed by atoms with Gasteiger partial charge in [-0.15, -0.1) is 0 Å². The van der Waals surface area contributed by atoms with Gasteiger partial charge in [0.15, 0.2) is 0 Å². The van der Waals surface area contributed by atoms with Crippen LogP contribution in [0.1, 0.15) is 0 Å². The molecule has 0 saturated carbocycles. The molecule has 0 aromatic carbocycles. The van der Waals surface area contributed by atoms with E-state index >= 15 is 0 Å². The second kappa shape index (κ2) is 19.3. The van der Waals surface area contributed by atoms with Crippen molar-refractivity contribution in [1.29, 1.82) is 0 Å². The summed E-state index contributed by atoms with van der Waals surface area (Å²) in [4.78, 5) is 0. The van der Waals surface area contributed by atoms with Gasteiger partial charge in [-0.1, -0.05) is 0 Å². The van der Waals surface area contributed by atoms with E-state index in [4.69, 9.17) is 0 Å². The quantitative estimate of drug-likeness (QED) is 0.403. The fraction of sp³-hybridized carbons (Fsp3) is 0. The minimum atomic E-state index is 0. The van der Waals surface area contributed by atoms with Gasteiger partial charge in [-0.05, 0) is 0 Å². The summed E-state index contributed by atoms with van der Waals surface area (Å²) in [6, 6.07) is 0. The SMILES string of the molecule is O.[Cl-].[Cl-].[Eu+2]. The molecule has 0 bridgehead atoms. The summed E-state index contributed by atoms with van der Waals surface area (Å²) in [5.41, 5.74) is 0. The first kappa shape index (κ1) is 35.6. The summed E-state index contributed by atoms with van der Waals surface area (Å²) >= 11 is 0.